The number of amides is 2. The highest BCUT2D eigenvalue weighted by atomic mass is 16.5. The molecule has 0 bridgehead atoms. The second-order valence-electron chi connectivity index (χ2n) is 6.67. The van der Waals surface area contributed by atoms with Gasteiger partial charge in [0.25, 0.3) is 5.91 Å². The Morgan fingerprint density at radius 3 is 2.72 bits per heavy atom. The van der Waals surface area contributed by atoms with Crippen LogP contribution >= 0.6 is 0 Å². The molecule has 2 N–H and O–H groups in total. The lowest BCUT2D eigenvalue weighted by Crippen LogP contribution is -2.42. The molecule has 0 unspecified atom stereocenters. The number of morpholine rings is 1. The van der Waals surface area contributed by atoms with Crippen molar-refractivity contribution in [3.8, 4) is 0 Å². The van der Waals surface area contributed by atoms with Crippen LogP contribution in [0.3, 0.4) is 0 Å². The second kappa shape index (κ2) is 8.27. The fourth-order valence-corrected chi connectivity index (χ4v) is 3.24. The quantitative estimate of drug-likeness (QED) is 0.681. The van der Waals surface area contributed by atoms with E-state index in [1.165, 1.54) is 4.68 Å². The van der Waals surface area contributed by atoms with E-state index >= 15 is 0 Å². The van der Waals surface area contributed by atoms with Crippen LogP contribution in [0.5, 0.6) is 0 Å². The molecule has 150 valence electrons. The van der Waals surface area contributed by atoms with Gasteiger partial charge in [-0.15, -0.1) is 0 Å². The summed E-state index contributed by atoms with van der Waals surface area (Å²) in [4.78, 5) is 31.4. The number of carbonyl (C=O) groups excluding carboxylic acids is 2. The van der Waals surface area contributed by atoms with Gasteiger partial charge in [-0.25, -0.2) is 4.98 Å². The summed E-state index contributed by atoms with van der Waals surface area (Å²) in [6.07, 6.45) is 1.68. The third kappa shape index (κ3) is 4.19. The van der Waals surface area contributed by atoms with Crippen LogP contribution in [0, 0.1) is 0 Å². The lowest BCUT2D eigenvalue weighted by Gasteiger charge is -2.26. The molecule has 3 heterocycles. The number of para-hydroxylation sites is 1. The lowest BCUT2D eigenvalue weighted by molar-refractivity contribution is -0.136. The monoisotopic (exact) mass is 394 g/mol. The fourth-order valence-electron chi connectivity index (χ4n) is 3.24. The summed E-state index contributed by atoms with van der Waals surface area (Å²) in [5, 5.41) is 10.8. The molecule has 0 spiro atoms. The van der Waals surface area contributed by atoms with Crippen molar-refractivity contribution in [2.75, 3.05) is 44.0 Å². The summed E-state index contributed by atoms with van der Waals surface area (Å²) in [6, 6.07) is 10.8. The number of anilines is 2. The van der Waals surface area contributed by atoms with Crippen molar-refractivity contribution in [1.82, 2.24) is 19.7 Å². The number of pyridine rings is 1. The van der Waals surface area contributed by atoms with Gasteiger partial charge in [0, 0.05) is 37.8 Å². The lowest BCUT2D eigenvalue weighted by atomic mass is 10.1. The van der Waals surface area contributed by atoms with E-state index in [-0.39, 0.29) is 18.4 Å². The van der Waals surface area contributed by atoms with Gasteiger partial charge in [0.05, 0.1) is 24.3 Å². The summed E-state index contributed by atoms with van der Waals surface area (Å²) in [6.45, 7) is 2.42. The first-order valence-electron chi connectivity index (χ1n) is 9.42. The van der Waals surface area contributed by atoms with E-state index in [4.69, 9.17) is 4.74 Å². The third-order valence-corrected chi connectivity index (χ3v) is 4.76. The van der Waals surface area contributed by atoms with Crippen molar-refractivity contribution in [2.24, 2.45) is 0 Å². The third-order valence-electron chi connectivity index (χ3n) is 4.76. The molecular formula is C20H22N6O3. The van der Waals surface area contributed by atoms with Crippen molar-refractivity contribution in [3.05, 3.63) is 48.2 Å². The molecule has 4 rings (SSSR count). The maximum atomic E-state index is 12.9. The number of carbonyl (C=O) groups is 2. The molecule has 1 fully saturated rings. The Hall–Kier alpha value is -3.46. The number of rotatable bonds is 5. The molecule has 3 aromatic rings. The fraction of sp³-hybridized carbons (Fsp3) is 0.300. The van der Waals surface area contributed by atoms with Crippen LogP contribution in [-0.2, 0) is 16.1 Å². The smallest absolute Gasteiger partial charge is 0.257 e. The average Bonchev–Trinajstić information content (AvgIpc) is 3.20. The highest BCUT2D eigenvalue weighted by Crippen LogP contribution is 2.21. The Morgan fingerprint density at radius 2 is 1.93 bits per heavy atom. The highest BCUT2D eigenvalue weighted by Gasteiger charge is 2.18. The first-order valence-corrected chi connectivity index (χ1v) is 9.42. The minimum atomic E-state index is -0.287. The largest absolute Gasteiger partial charge is 0.378 e. The van der Waals surface area contributed by atoms with Crippen LogP contribution in [-0.4, -0.2) is 64.8 Å². The normalized spacial score (nSPS) is 14.0. The average molecular weight is 394 g/mol. The number of aromatic nitrogens is 3. The van der Waals surface area contributed by atoms with Gasteiger partial charge in [0.2, 0.25) is 5.91 Å². The summed E-state index contributed by atoms with van der Waals surface area (Å²) in [7, 11) is 1.76. The van der Waals surface area contributed by atoms with E-state index < -0.39 is 0 Å². The molecule has 1 aromatic carbocycles. The van der Waals surface area contributed by atoms with Crippen molar-refractivity contribution in [3.63, 3.8) is 0 Å². The van der Waals surface area contributed by atoms with Gasteiger partial charge in [-0.3, -0.25) is 14.3 Å². The van der Waals surface area contributed by atoms with E-state index in [1.807, 2.05) is 24.3 Å². The molecule has 0 aliphatic carbocycles. The highest BCUT2D eigenvalue weighted by molar-refractivity contribution is 6.12. The van der Waals surface area contributed by atoms with Crippen LogP contribution in [0.1, 0.15) is 10.4 Å². The topological polar surface area (TPSA) is 101 Å². The zero-order chi connectivity index (χ0) is 20.2. The van der Waals surface area contributed by atoms with Crippen molar-refractivity contribution < 1.29 is 14.3 Å². The van der Waals surface area contributed by atoms with E-state index in [0.717, 1.165) is 10.9 Å². The standard InChI is InChI=1S/C20H22N6O3/c1-21-18-12-15(14-4-2-3-5-16(14)22-18)20(28)23-17-6-7-26(24-17)13-19(27)25-8-10-29-11-9-25/h2-7,12H,8-11,13H2,1H3,(H,21,22)(H,23,24,28). The minimum Gasteiger partial charge on any atom is -0.378 e. The number of nitrogens with one attached hydrogen (secondary N) is 2. The summed E-state index contributed by atoms with van der Waals surface area (Å²) >= 11 is 0. The molecule has 2 amide bonds. The number of nitrogens with zero attached hydrogens (tertiary/aromatic N) is 4. The molecule has 9 nitrogen and oxygen atoms in total. The zero-order valence-corrected chi connectivity index (χ0v) is 16.1. The van der Waals surface area contributed by atoms with Crippen LogP contribution in [0.15, 0.2) is 42.6 Å². The van der Waals surface area contributed by atoms with Crippen LogP contribution in [0.2, 0.25) is 0 Å². The zero-order valence-electron chi connectivity index (χ0n) is 16.1. The Morgan fingerprint density at radius 1 is 1.14 bits per heavy atom. The van der Waals surface area contributed by atoms with E-state index in [0.29, 0.717) is 43.5 Å². The Balaban J connectivity index is 1.48. The van der Waals surface area contributed by atoms with Crippen molar-refractivity contribution in [1.29, 1.82) is 0 Å². The van der Waals surface area contributed by atoms with Gasteiger partial charge in [0.1, 0.15) is 12.4 Å². The second-order valence-corrected chi connectivity index (χ2v) is 6.67. The minimum absolute atomic E-state index is 0.0203. The van der Waals surface area contributed by atoms with Gasteiger partial charge in [-0.05, 0) is 12.1 Å². The van der Waals surface area contributed by atoms with Gasteiger partial charge in [0.15, 0.2) is 5.82 Å². The van der Waals surface area contributed by atoms with Gasteiger partial charge >= 0.3 is 0 Å². The van der Waals surface area contributed by atoms with Gasteiger partial charge < -0.3 is 20.3 Å². The first-order chi connectivity index (χ1) is 14.1. The molecule has 1 aliphatic rings. The Labute approximate surface area is 167 Å². The summed E-state index contributed by atoms with van der Waals surface area (Å²) < 4.78 is 6.79. The summed E-state index contributed by atoms with van der Waals surface area (Å²) in [5.74, 6) is 0.685. The van der Waals surface area contributed by atoms with Crippen molar-refractivity contribution >= 4 is 34.4 Å². The predicted octanol–water partition coefficient (Wildman–Crippen LogP) is 1.58. The predicted molar refractivity (Wildman–Crippen MR) is 109 cm³/mol. The van der Waals surface area contributed by atoms with E-state index in [2.05, 4.69) is 20.7 Å². The molecule has 1 saturated heterocycles. The molecule has 0 saturated carbocycles. The molecule has 9 heteroatoms. The van der Waals surface area contributed by atoms with Gasteiger partial charge in [-0.1, -0.05) is 18.2 Å². The number of ether oxygens (including phenoxy) is 1. The van der Waals surface area contributed by atoms with E-state index in [9.17, 15) is 9.59 Å². The maximum absolute atomic E-state index is 12.9. The molecule has 0 atom stereocenters. The Bertz CT molecular complexity index is 1040. The SMILES string of the molecule is CNc1cc(C(=O)Nc2ccn(CC(=O)N3CCOCC3)n2)c2ccccc2n1. The molecule has 1 aliphatic heterocycles. The number of hydrogen-bond acceptors (Lipinski definition) is 6. The molecule has 0 radical (unpaired) electrons. The van der Waals surface area contributed by atoms with Crippen molar-refractivity contribution in [2.45, 2.75) is 6.54 Å². The number of benzene rings is 1. The van der Waals surface area contributed by atoms with Gasteiger partial charge in [-0.2, -0.15) is 5.10 Å². The molecule has 2 aromatic heterocycles. The number of fused-ring (bicyclic) bond motifs is 1. The van der Waals surface area contributed by atoms with E-state index in [1.54, 1.807) is 30.3 Å². The van der Waals surface area contributed by atoms with Crippen LogP contribution in [0.4, 0.5) is 11.6 Å². The number of hydrogen-bond donors (Lipinski definition) is 2. The molecule has 29 heavy (non-hydrogen) atoms. The summed E-state index contributed by atoms with van der Waals surface area (Å²) in [5.41, 5.74) is 1.23. The van der Waals surface area contributed by atoms with Crippen LogP contribution in [0.25, 0.3) is 10.9 Å². The Kier molecular flexibility index (Phi) is 5.39. The first kappa shape index (κ1) is 18.9. The van der Waals surface area contributed by atoms with Crippen LogP contribution < -0.4 is 10.6 Å². The molecular weight excluding hydrogens is 372 g/mol. The maximum Gasteiger partial charge on any atom is 0.257 e.